The van der Waals surface area contributed by atoms with Crippen LogP contribution >= 0.6 is 0 Å². The minimum Gasteiger partial charge on any atom is -0.490 e. The summed E-state index contributed by atoms with van der Waals surface area (Å²) in [6.07, 6.45) is 17.1. The molecule has 0 aliphatic heterocycles. The van der Waals surface area contributed by atoms with Gasteiger partial charge in [-0.15, -0.1) is 0 Å². The summed E-state index contributed by atoms with van der Waals surface area (Å²) in [6, 6.07) is 15.7. The highest BCUT2D eigenvalue weighted by molar-refractivity contribution is 5.75. The lowest BCUT2D eigenvalue weighted by Gasteiger charge is -2.13. The molecule has 1 unspecified atom stereocenters. The molecule has 6 heteroatoms. The van der Waals surface area contributed by atoms with Crippen LogP contribution in [0, 0.1) is 11.8 Å². The van der Waals surface area contributed by atoms with Crippen molar-refractivity contribution in [3.63, 3.8) is 0 Å². The molecular formula is C37H52N2O4. The highest BCUT2D eigenvalue weighted by Crippen LogP contribution is 2.26. The number of esters is 1. The van der Waals surface area contributed by atoms with E-state index in [1.165, 1.54) is 51.4 Å². The van der Waals surface area contributed by atoms with E-state index in [2.05, 4.69) is 30.7 Å². The van der Waals surface area contributed by atoms with Crippen LogP contribution in [0.1, 0.15) is 98.3 Å². The van der Waals surface area contributed by atoms with E-state index in [-0.39, 0.29) is 11.9 Å². The summed E-state index contributed by atoms with van der Waals surface area (Å²) >= 11 is 0. The van der Waals surface area contributed by atoms with Gasteiger partial charge in [-0.1, -0.05) is 109 Å². The molecule has 0 bridgehead atoms. The molecule has 234 valence electrons. The lowest BCUT2D eigenvalue weighted by atomic mass is 10.0. The number of ether oxygens (including phenoxy) is 3. The fourth-order valence-corrected chi connectivity index (χ4v) is 4.78. The van der Waals surface area contributed by atoms with Crippen LogP contribution in [0.4, 0.5) is 0 Å². The van der Waals surface area contributed by atoms with Crippen molar-refractivity contribution >= 4 is 5.97 Å². The quantitative estimate of drug-likeness (QED) is 0.0701. The van der Waals surface area contributed by atoms with Crippen LogP contribution in [0.3, 0.4) is 0 Å². The van der Waals surface area contributed by atoms with Crippen LogP contribution in [0.5, 0.6) is 11.5 Å². The van der Waals surface area contributed by atoms with E-state index in [1.807, 2.05) is 55.5 Å². The van der Waals surface area contributed by atoms with Gasteiger partial charge in [0.1, 0.15) is 5.75 Å². The zero-order valence-corrected chi connectivity index (χ0v) is 26.9. The number of rotatable bonds is 21. The monoisotopic (exact) mass is 588 g/mol. The first-order chi connectivity index (χ1) is 21.0. The van der Waals surface area contributed by atoms with Crippen LogP contribution in [0.2, 0.25) is 0 Å². The number of hydrogen-bond donors (Lipinski definition) is 0. The van der Waals surface area contributed by atoms with Gasteiger partial charge in [-0.25, -0.2) is 9.97 Å². The van der Waals surface area contributed by atoms with Crippen molar-refractivity contribution in [2.45, 2.75) is 98.3 Å². The van der Waals surface area contributed by atoms with Crippen molar-refractivity contribution in [2.24, 2.45) is 11.8 Å². The topological polar surface area (TPSA) is 70.5 Å². The Hall–Kier alpha value is -3.25. The Labute approximate surface area is 259 Å². The van der Waals surface area contributed by atoms with E-state index in [9.17, 15) is 4.79 Å². The van der Waals surface area contributed by atoms with Crippen molar-refractivity contribution in [2.75, 3.05) is 19.8 Å². The first-order valence-electron chi connectivity index (χ1n) is 16.4. The van der Waals surface area contributed by atoms with Gasteiger partial charge in [-0.05, 0) is 55.4 Å². The summed E-state index contributed by atoms with van der Waals surface area (Å²) in [5.41, 5.74) is 3.04. The second-order valence-electron chi connectivity index (χ2n) is 11.7. The first-order valence-corrected chi connectivity index (χ1v) is 16.4. The zero-order valence-electron chi connectivity index (χ0n) is 26.9. The first kappa shape index (κ1) is 34.2. The predicted octanol–water partition coefficient (Wildman–Crippen LogP) is 9.71. The van der Waals surface area contributed by atoms with E-state index < -0.39 is 0 Å². The lowest BCUT2D eigenvalue weighted by Crippen LogP contribution is -2.22. The molecule has 0 aliphatic rings. The average molecular weight is 589 g/mol. The second kappa shape index (κ2) is 19.8. The van der Waals surface area contributed by atoms with E-state index in [0.717, 1.165) is 36.0 Å². The maximum Gasteiger partial charge on any atom is 0.316 e. The number of unbranched alkanes of at least 4 members (excludes halogenated alkanes) is 7. The largest absolute Gasteiger partial charge is 0.490 e. The number of aromatic nitrogens is 2. The molecule has 1 heterocycles. The van der Waals surface area contributed by atoms with Crippen molar-refractivity contribution in [1.82, 2.24) is 9.97 Å². The summed E-state index contributed by atoms with van der Waals surface area (Å²) in [5, 5.41) is 0. The van der Waals surface area contributed by atoms with Crippen molar-refractivity contribution < 1.29 is 19.0 Å². The molecule has 2 atom stereocenters. The molecule has 0 saturated carbocycles. The Morgan fingerprint density at radius 1 is 0.698 bits per heavy atom. The van der Waals surface area contributed by atoms with E-state index in [1.54, 1.807) is 12.4 Å². The predicted molar refractivity (Wildman–Crippen MR) is 175 cm³/mol. The van der Waals surface area contributed by atoms with Gasteiger partial charge in [0.2, 0.25) is 0 Å². The smallest absolute Gasteiger partial charge is 0.316 e. The number of carbonyl (C=O) groups is 1. The molecule has 0 amide bonds. The van der Waals surface area contributed by atoms with Gasteiger partial charge < -0.3 is 14.2 Å². The highest BCUT2D eigenvalue weighted by Gasteiger charge is 2.16. The van der Waals surface area contributed by atoms with Gasteiger partial charge in [-0.2, -0.15) is 0 Å². The van der Waals surface area contributed by atoms with Crippen LogP contribution in [0.25, 0.3) is 22.5 Å². The molecule has 0 aliphatic carbocycles. The molecule has 0 N–H and O–H groups in total. The number of hydrogen-bond acceptors (Lipinski definition) is 6. The molecule has 6 nitrogen and oxygen atoms in total. The van der Waals surface area contributed by atoms with E-state index >= 15 is 0 Å². The average Bonchev–Trinajstić information content (AvgIpc) is 3.04. The minimum atomic E-state index is -0.312. The van der Waals surface area contributed by atoms with Crippen LogP contribution in [-0.4, -0.2) is 35.8 Å². The van der Waals surface area contributed by atoms with Crippen molar-refractivity contribution in [1.29, 1.82) is 0 Å². The third kappa shape index (κ3) is 12.9. The lowest BCUT2D eigenvalue weighted by molar-refractivity contribution is -0.140. The fourth-order valence-electron chi connectivity index (χ4n) is 4.78. The minimum absolute atomic E-state index is 0.274. The highest BCUT2D eigenvalue weighted by atomic mass is 16.5. The Morgan fingerprint density at radius 2 is 1.28 bits per heavy atom. The molecule has 0 radical (unpaired) electrons. The Bertz CT molecular complexity index is 1160. The van der Waals surface area contributed by atoms with Gasteiger partial charge in [0.05, 0.1) is 31.5 Å². The SMILES string of the molecule is CCCCCCCCCCOc1cnc(-c2ccc(-c3ccc(OC(=O)[C@H](C)COCCCC(C)CC)cc3)cc2)nc1. The molecular weight excluding hydrogens is 536 g/mol. The summed E-state index contributed by atoms with van der Waals surface area (Å²) in [5.74, 6) is 2.04. The zero-order chi connectivity index (χ0) is 30.7. The number of nitrogens with zero attached hydrogens (tertiary/aromatic N) is 2. The summed E-state index contributed by atoms with van der Waals surface area (Å²) in [6.45, 7) is 10.3. The summed E-state index contributed by atoms with van der Waals surface area (Å²) < 4.78 is 17.1. The molecule has 1 aromatic heterocycles. The fraction of sp³-hybridized carbons (Fsp3) is 0.541. The molecule has 43 heavy (non-hydrogen) atoms. The van der Waals surface area contributed by atoms with Gasteiger partial charge in [-0.3, -0.25) is 4.79 Å². The van der Waals surface area contributed by atoms with Crippen LogP contribution in [0.15, 0.2) is 60.9 Å². The molecule has 0 saturated heterocycles. The maximum atomic E-state index is 12.5. The summed E-state index contributed by atoms with van der Waals surface area (Å²) in [4.78, 5) is 21.5. The van der Waals surface area contributed by atoms with Gasteiger partial charge in [0.15, 0.2) is 11.6 Å². The third-order valence-electron chi connectivity index (χ3n) is 7.90. The Kier molecular flexibility index (Phi) is 15.8. The third-order valence-corrected chi connectivity index (χ3v) is 7.90. The number of benzene rings is 2. The standard InChI is InChI=1S/C37H52N2O4/c1-5-7-8-9-10-11-12-13-25-42-35-26-38-36(39-27-35)33-18-16-31(17-19-33)32-20-22-34(23-21-32)43-37(40)30(4)28-41-24-14-15-29(3)6-2/h16-23,26-27,29-30H,5-15,24-25,28H2,1-4H3/t29?,30-/m1/s1. The number of carbonyl (C=O) groups excluding carboxylic acids is 1. The van der Waals surface area contributed by atoms with Crippen molar-refractivity contribution in [3.05, 3.63) is 60.9 Å². The molecule has 3 rings (SSSR count). The van der Waals surface area contributed by atoms with Gasteiger partial charge in [0.25, 0.3) is 0 Å². The van der Waals surface area contributed by atoms with E-state index in [0.29, 0.717) is 43.1 Å². The van der Waals surface area contributed by atoms with Crippen LogP contribution in [-0.2, 0) is 9.53 Å². The second-order valence-corrected chi connectivity index (χ2v) is 11.7. The molecule has 0 spiro atoms. The Balaban J connectivity index is 1.39. The van der Waals surface area contributed by atoms with Gasteiger partial charge >= 0.3 is 5.97 Å². The summed E-state index contributed by atoms with van der Waals surface area (Å²) in [7, 11) is 0. The van der Waals surface area contributed by atoms with E-state index in [4.69, 9.17) is 14.2 Å². The molecule has 3 aromatic rings. The van der Waals surface area contributed by atoms with Gasteiger partial charge in [0, 0.05) is 12.2 Å². The van der Waals surface area contributed by atoms with Crippen molar-refractivity contribution in [3.8, 4) is 34.0 Å². The molecule has 2 aromatic carbocycles. The molecule has 0 fully saturated rings. The van der Waals surface area contributed by atoms with Crippen LogP contribution < -0.4 is 9.47 Å². The normalized spacial score (nSPS) is 12.6. The Morgan fingerprint density at radius 3 is 1.91 bits per heavy atom. The maximum absolute atomic E-state index is 12.5.